The van der Waals surface area contributed by atoms with Crippen LogP contribution in [-0.2, 0) is 0 Å². The first kappa shape index (κ1) is 35.7. The highest BCUT2D eigenvalue weighted by atomic mass is 14.9. The minimum Gasteiger partial charge on any atom is -0.248 e. The molecule has 288 valence electrons. The monoisotopic (exact) mass is 787 g/mol. The first-order valence-corrected chi connectivity index (χ1v) is 21.1. The van der Waals surface area contributed by atoms with Gasteiger partial charge in [-0.2, -0.15) is 0 Å². The van der Waals surface area contributed by atoms with Crippen LogP contribution in [0, 0.1) is 0 Å². The van der Waals surface area contributed by atoms with Crippen molar-refractivity contribution in [3.63, 3.8) is 0 Å². The minimum atomic E-state index is 0.693. The highest BCUT2D eigenvalue weighted by molar-refractivity contribution is 6.14. The molecule has 3 nitrogen and oxygen atoms in total. The van der Waals surface area contributed by atoms with Gasteiger partial charge in [0.1, 0.15) is 0 Å². The smallest absolute Gasteiger partial charge is 0.161 e. The van der Waals surface area contributed by atoms with E-state index in [9.17, 15) is 0 Å². The Kier molecular flexibility index (Phi) is 8.50. The van der Waals surface area contributed by atoms with Crippen LogP contribution >= 0.6 is 0 Å². The summed E-state index contributed by atoms with van der Waals surface area (Å²) in [5.74, 6) is 0.693. The number of pyridine rings is 1. The van der Waals surface area contributed by atoms with E-state index in [2.05, 4.69) is 224 Å². The number of rotatable bonds is 6. The Hall–Kier alpha value is -8.27. The SMILES string of the molecule is c1ccc(-c2cc(-c3cccc(-c4ccc(-c5nc(-c6ccc7ccccc7c6)cc(-c6ccc7ccccc7c6)n5)c5ccccc45)c3)c3c(ccc4ccccc43)n2)cc1. The van der Waals surface area contributed by atoms with Crippen molar-refractivity contribution in [1.29, 1.82) is 0 Å². The molecule has 2 aromatic heterocycles. The van der Waals surface area contributed by atoms with E-state index in [0.29, 0.717) is 5.82 Å². The Morgan fingerprint density at radius 3 is 1.42 bits per heavy atom. The zero-order chi connectivity index (χ0) is 41.0. The lowest BCUT2D eigenvalue weighted by molar-refractivity contribution is 1.19. The van der Waals surface area contributed by atoms with Gasteiger partial charge in [0.05, 0.1) is 22.6 Å². The molecule has 0 radical (unpaired) electrons. The van der Waals surface area contributed by atoms with Crippen molar-refractivity contribution < 1.29 is 0 Å². The van der Waals surface area contributed by atoms with Crippen molar-refractivity contribution >= 4 is 54.0 Å². The summed E-state index contributed by atoms with van der Waals surface area (Å²) in [6.07, 6.45) is 0. The molecule has 0 spiro atoms. The summed E-state index contributed by atoms with van der Waals surface area (Å²) in [5, 5.41) is 10.6. The van der Waals surface area contributed by atoms with Crippen molar-refractivity contribution in [2.75, 3.05) is 0 Å². The topological polar surface area (TPSA) is 38.7 Å². The molecule has 0 atom stereocenters. The zero-order valence-electron chi connectivity index (χ0n) is 33.7. The van der Waals surface area contributed by atoms with Crippen LogP contribution < -0.4 is 0 Å². The van der Waals surface area contributed by atoms with E-state index in [4.69, 9.17) is 15.0 Å². The maximum atomic E-state index is 5.34. The fraction of sp³-hybridized carbons (Fsp3) is 0. The molecule has 62 heavy (non-hydrogen) atoms. The summed E-state index contributed by atoms with van der Waals surface area (Å²) in [5.41, 5.74) is 12.5. The summed E-state index contributed by atoms with van der Waals surface area (Å²) in [7, 11) is 0. The molecule has 3 heteroatoms. The molecule has 12 rings (SSSR count). The van der Waals surface area contributed by atoms with E-state index in [1.165, 1.54) is 32.3 Å². The molecule has 10 aromatic carbocycles. The van der Waals surface area contributed by atoms with Gasteiger partial charge in [0.25, 0.3) is 0 Å². The second-order valence-electron chi connectivity index (χ2n) is 16.0. The summed E-state index contributed by atoms with van der Waals surface area (Å²) in [6, 6.07) is 80.0. The lowest BCUT2D eigenvalue weighted by Crippen LogP contribution is -1.97. The third-order valence-corrected chi connectivity index (χ3v) is 12.2. The van der Waals surface area contributed by atoms with Crippen molar-refractivity contribution in [1.82, 2.24) is 15.0 Å². The van der Waals surface area contributed by atoms with E-state index >= 15 is 0 Å². The first-order valence-electron chi connectivity index (χ1n) is 21.1. The van der Waals surface area contributed by atoms with E-state index in [0.717, 1.165) is 83.3 Å². The number of hydrogen-bond donors (Lipinski definition) is 0. The molecule has 0 fully saturated rings. The number of benzene rings is 10. The molecule has 0 unspecified atom stereocenters. The molecule has 0 saturated carbocycles. The largest absolute Gasteiger partial charge is 0.248 e. The van der Waals surface area contributed by atoms with E-state index in [1.54, 1.807) is 0 Å². The second-order valence-corrected chi connectivity index (χ2v) is 16.0. The Balaban J connectivity index is 1.03. The average molecular weight is 788 g/mol. The van der Waals surface area contributed by atoms with Gasteiger partial charge >= 0.3 is 0 Å². The van der Waals surface area contributed by atoms with Gasteiger partial charge in [-0.3, -0.25) is 0 Å². The summed E-state index contributed by atoms with van der Waals surface area (Å²) in [6.45, 7) is 0. The quantitative estimate of drug-likeness (QED) is 0.158. The van der Waals surface area contributed by atoms with Gasteiger partial charge in [0, 0.05) is 27.6 Å². The Labute approximate surface area is 359 Å². The molecular weight excluding hydrogens is 751 g/mol. The van der Waals surface area contributed by atoms with Gasteiger partial charge in [0.2, 0.25) is 0 Å². The van der Waals surface area contributed by atoms with Crippen LogP contribution in [0.2, 0.25) is 0 Å². The third-order valence-electron chi connectivity index (χ3n) is 12.2. The average Bonchev–Trinajstić information content (AvgIpc) is 3.35. The van der Waals surface area contributed by atoms with Gasteiger partial charge in [0.15, 0.2) is 5.82 Å². The fourth-order valence-corrected chi connectivity index (χ4v) is 9.15. The lowest BCUT2D eigenvalue weighted by Gasteiger charge is -2.16. The third kappa shape index (κ3) is 6.27. The summed E-state index contributed by atoms with van der Waals surface area (Å²) in [4.78, 5) is 15.9. The predicted octanol–water partition coefficient (Wildman–Crippen LogP) is 15.6. The van der Waals surface area contributed by atoms with Crippen LogP contribution in [0.5, 0.6) is 0 Å². The number of nitrogens with zero attached hydrogens (tertiary/aromatic N) is 3. The molecular formula is C59H37N3. The maximum Gasteiger partial charge on any atom is 0.161 e. The molecule has 0 N–H and O–H groups in total. The van der Waals surface area contributed by atoms with Crippen molar-refractivity contribution in [3.05, 3.63) is 224 Å². The van der Waals surface area contributed by atoms with Gasteiger partial charge in [-0.05, 0) is 108 Å². The zero-order valence-corrected chi connectivity index (χ0v) is 33.7. The Morgan fingerprint density at radius 1 is 0.242 bits per heavy atom. The first-order chi connectivity index (χ1) is 30.7. The number of aromatic nitrogens is 3. The van der Waals surface area contributed by atoms with Crippen LogP contribution in [0.25, 0.3) is 121 Å². The number of hydrogen-bond acceptors (Lipinski definition) is 3. The standard InChI is InChI=1S/C59H37N3/c1-2-16-41(17-3-1)55-36-53(58-49-22-9-8-15-40(49)29-32-54(58)60-55)45-21-12-20-44(35-45)48-30-31-52(51-24-11-10-23-50(48)51)59-61-56(46-27-25-38-13-4-6-18-42(38)33-46)37-57(62-59)47-28-26-39-14-5-7-19-43(39)34-47/h1-37H. The minimum absolute atomic E-state index is 0.693. The van der Waals surface area contributed by atoms with Crippen LogP contribution in [0.15, 0.2) is 224 Å². The molecule has 2 heterocycles. The molecule has 0 amide bonds. The van der Waals surface area contributed by atoms with Crippen molar-refractivity contribution in [3.8, 4) is 67.4 Å². The van der Waals surface area contributed by atoms with E-state index < -0.39 is 0 Å². The molecule has 0 aliphatic rings. The van der Waals surface area contributed by atoms with Gasteiger partial charge < -0.3 is 0 Å². The van der Waals surface area contributed by atoms with Crippen molar-refractivity contribution in [2.45, 2.75) is 0 Å². The molecule has 0 aliphatic carbocycles. The second kappa shape index (κ2) is 14.8. The van der Waals surface area contributed by atoms with E-state index in [1.807, 2.05) is 0 Å². The molecule has 0 bridgehead atoms. The van der Waals surface area contributed by atoms with Crippen LogP contribution in [0.1, 0.15) is 0 Å². The Morgan fingerprint density at radius 2 is 0.742 bits per heavy atom. The number of fused-ring (bicyclic) bond motifs is 6. The molecule has 0 saturated heterocycles. The van der Waals surface area contributed by atoms with Gasteiger partial charge in [-0.1, -0.05) is 182 Å². The van der Waals surface area contributed by atoms with Crippen LogP contribution in [0.4, 0.5) is 0 Å². The highest BCUT2D eigenvalue weighted by Gasteiger charge is 2.18. The van der Waals surface area contributed by atoms with E-state index in [-0.39, 0.29) is 0 Å². The van der Waals surface area contributed by atoms with Crippen LogP contribution in [0.3, 0.4) is 0 Å². The van der Waals surface area contributed by atoms with Gasteiger partial charge in [-0.15, -0.1) is 0 Å². The lowest BCUT2D eigenvalue weighted by atomic mass is 9.90. The summed E-state index contributed by atoms with van der Waals surface area (Å²) >= 11 is 0. The maximum absolute atomic E-state index is 5.34. The molecule has 0 aliphatic heterocycles. The summed E-state index contributed by atoms with van der Waals surface area (Å²) < 4.78 is 0. The van der Waals surface area contributed by atoms with Crippen molar-refractivity contribution in [2.24, 2.45) is 0 Å². The fourth-order valence-electron chi connectivity index (χ4n) is 9.15. The van der Waals surface area contributed by atoms with Crippen LogP contribution in [-0.4, -0.2) is 15.0 Å². The Bertz CT molecular complexity index is 3600. The normalized spacial score (nSPS) is 11.5. The highest BCUT2D eigenvalue weighted by Crippen LogP contribution is 2.41. The van der Waals surface area contributed by atoms with Gasteiger partial charge in [-0.25, -0.2) is 15.0 Å². The predicted molar refractivity (Wildman–Crippen MR) is 260 cm³/mol. The molecule has 12 aromatic rings.